The molecule has 1 aromatic heterocycles. The summed E-state index contributed by atoms with van der Waals surface area (Å²) >= 11 is 0. The number of aromatic nitrogens is 1. The van der Waals surface area contributed by atoms with E-state index in [-0.39, 0.29) is 5.84 Å². The highest BCUT2D eigenvalue weighted by Gasteiger charge is 2.08. The van der Waals surface area contributed by atoms with Crippen LogP contribution < -0.4 is 15.8 Å². The van der Waals surface area contributed by atoms with Crippen molar-refractivity contribution in [3.05, 3.63) is 96.3 Å². The Morgan fingerprint density at radius 1 is 1.00 bits per heavy atom. The maximum absolute atomic E-state index is 12.3. The summed E-state index contributed by atoms with van der Waals surface area (Å²) < 4.78 is 5.45. The van der Waals surface area contributed by atoms with Crippen molar-refractivity contribution in [3.63, 3.8) is 0 Å². The van der Waals surface area contributed by atoms with Crippen LogP contribution in [0.25, 0.3) is 21.9 Å². The van der Waals surface area contributed by atoms with E-state index in [1.807, 2.05) is 54.6 Å². The van der Waals surface area contributed by atoms with Crippen molar-refractivity contribution in [2.75, 3.05) is 0 Å². The molecule has 0 spiro atoms. The molecule has 0 saturated heterocycles. The molecule has 4 N–H and O–H groups in total. The average Bonchev–Trinajstić information content (AvgIpc) is 2.83. The second kappa shape index (κ2) is 9.53. The first-order valence-corrected chi connectivity index (χ1v) is 9.94. The number of fused-ring (bicyclic) bond motifs is 1. The van der Waals surface area contributed by atoms with Gasteiger partial charge in [0.05, 0.1) is 0 Å². The lowest BCUT2D eigenvalue weighted by atomic mass is 10.1. The lowest BCUT2D eigenvalue weighted by molar-refractivity contribution is 0.200. The van der Waals surface area contributed by atoms with Gasteiger partial charge in [-0.2, -0.15) is 0 Å². The number of rotatable bonds is 6. The fourth-order valence-corrected chi connectivity index (χ4v) is 3.29. The van der Waals surface area contributed by atoms with Gasteiger partial charge in [-0.3, -0.25) is 10.4 Å². The Morgan fingerprint density at radius 3 is 2.69 bits per heavy atom. The summed E-state index contributed by atoms with van der Waals surface area (Å²) in [5.74, 6) is 0.611. The zero-order valence-corrected chi connectivity index (χ0v) is 17.2. The SMILES string of the molecule is N=CN=C(N)c1cncc(-c2cccc(OC(=O)NCc3ccc4ccccc4c3)c2)c1. The fraction of sp³-hybridized carbons (Fsp3) is 0.0400. The second-order valence-electron chi connectivity index (χ2n) is 7.06. The molecule has 0 saturated carbocycles. The van der Waals surface area contributed by atoms with E-state index in [9.17, 15) is 4.79 Å². The van der Waals surface area contributed by atoms with Crippen LogP contribution in [0.1, 0.15) is 11.1 Å². The Bertz CT molecular complexity index is 1320. The van der Waals surface area contributed by atoms with Gasteiger partial charge in [0.15, 0.2) is 0 Å². The number of amides is 1. The number of hydrogen-bond donors (Lipinski definition) is 3. The largest absolute Gasteiger partial charge is 0.412 e. The van der Waals surface area contributed by atoms with Crippen LogP contribution in [0.3, 0.4) is 0 Å². The minimum Gasteiger partial charge on any atom is -0.410 e. The number of amidine groups is 1. The van der Waals surface area contributed by atoms with Crippen LogP contribution in [-0.2, 0) is 6.54 Å². The minimum absolute atomic E-state index is 0.204. The first-order chi connectivity index (χ1) is 15.6. The number of hydrogen-bond acceptors (Lipinski definition) is 4. The first kappa shape index (κ1) is 20.7. The molecule has 0 radical (unpaired) electrons. The zero-order valence-electron chi connectivity index (χ0n) is 17.2. The number of ether oxygens (including phenoxy) is 1. The van der Waals surface area contributed by atoms with Gasteiger partial charge in [-0.15, -0.1) is 0 Å². The van der Waals surface area contributed by atoms with Crippen LogP contribution in [0, 0.1) is 5.41 Å². The summed E-state index contributed by atoms with van der Waals surface area (Å²) in [5, 5.41) is 12.1. The average molecular weight is 423 g/mol. The number of nitrogens with two attached hydrogens (primary N) is 1. The first-order valence-electron chi connectivity index (χ1n) is 9.94. The van der Waals surface area contributed by atoms with Gasteiger partial charge in [0.25, 0.3) is 0 Å². The van der Waals surface area contributed by atoms with Gasteiger partial charge < -0.3 is 15.8 Å². The predicted octanol–water partition coefficient (Wildman–Crippen LogP) is 4.50. The van der Waals surface area contributed by atoms with Gasteiger partial charge in [0, 0.05) is 30.1 Å². The molecule has 0 fully saturated rings. The molecule has 1 heterocycles. The number of pyridine rings is 1. The van der Waals surface area contributed by atoms with E-state index in [0.29, 0.717) is 17.9 Å². The molecule has 158 valence electrons. The fourth-order valence-electron chi connectivity index (χ4n) is 3.29. The van der Waals surface area contributed by atoms with Crippen molar-refractivity contribution >= 4 is 29.0 Å². The molecule has 0 aliphatic rings. The highest BCUT2D eigenvalue weighted by molar-refractivity contribution is 6.01. The van der Waals surface area contributed by atoms with Gasteiger partial charge in [-0.1, -0.05) is 48.5 Å². The highest BCUT2D eigenvalue weighted by Crippen LogP contribution is 2.24. The van der Waals surface area contributed by atoms with E-state index in [2.05, 4.69) is 15.3 Å². The van der Waals surface area contributed by atoms with E-state index < -0.39 is 6.09 Å². The number of carbonyl (C=O) groups excluding carboxylic acids is 1. The van der Waals surface area contributed by atoms with Crippen molar-refractivity contribution in [1.29, 1.82) is 5.41 Å². The van der Waals surface area contributed by atoms with Gasteiger partial charge in [-0.25, -0.2) is 9.79 Å². The monoisotopic (exact) mass is 423 g/mol. The molecule has 0 unspecified atom stereocenters. The van der Waals surface area contributed by atoms with E-state index >= 15 is 0 Å². The summed E-state index contributed by atoms with van der Waals surface area (Å²) in [6, 6.07) is 23.1. The molecule has 0 aliphatic heterocycles. The standard InChI is InChI=1S/C25H21N5O2/c26-16-30-24(27)22-11-21(14-28-15-22)20-6-3-7-23(12-20)32-25(31)29-13-17-8-9-18-4-1-2-5-19(18)10-17/h1-12,14-16H,13H2,(H,29,31)(H3,26,27,30). The number of aliphatic imine (C=N–C) groups is 1. The van der Waals surface area contributed by atoms with Crippen molar-refractivity contribution < 1.29 is 9.53 Å². The van der Waals surface area contributed by atoms with Gasteiger partial charge >= 0.3 is 6.09 Å². The lowest BCUT2D eigenvalue weighted by Crippen LogP contribution is -2.26. The van der Waals surface area contributed by atoms with Crippen molar-refractivity contribution in [3.8, 4) is 16.9 Å². The molecule has 4 aromatic rings. The van der Waals surface area contributed by atoms with Gasteiger partial charge in [0.1, 0.15) is 17.9 Å². The third-order valence-electron chi connectivity index (χ3n) is 4.87. The van der Waals surface area contributed by atoms with E-state index in [4.69, 9.17) is 15.9 Å². The van der Waals surface area contributed by atoms with Crippen molar-refractivity contribution in [2.24, 2.45) is 10.7 Å². The Morgan fingerprint density at radius 2 is 1.84 bits per heavy atom. The molecular weight excluding hydrogens is 402 g/mol. The van der Waals surface area contributed by atoms with Crippen molar-refractivity contribution in [2.45, 2.75) is 6.54 Å². The zero-order chi connectivity index (χ0) is 22.3. The van der Waals surface area contributed by atoms with Gasteiger partial charge in [-0.05, 0) is 46.2 Å². The number of nitrogens with zero attached hydrogens (tertiary/aromatic N) is 2. The third kappa shape index (κ3) is 4.96. The maximum atomic E-state index is 12.3. The molecular formula is C25H21N5O2. The van der Waals surface area contributed by atoms with E-state index in [1.54, 1.807) is 30.6 Å². The quantitative estimate of drug-likeness (QED) is 0.313. The van der Waals surface area contributed by atoms with Crippen LogP contribution >= 0.6 is 0 Å². The minimum atomic E-state index is -0.537. The van der Waals surface area contributed by atoms with Crippen LogP contribution in [-0.4, -0.2) is 23.3 Å². The van der Waals surface area contributed by atoms with Crippen LogP contribution in [0.15, 0.2) is 90.2 Å². The van der Waals surface area contributed by atoms with Gasteiger partial charge in [0.2, 0.25) is 0 Å². The normalized spacial score (nSPS) is 11.2. The van der Waals surface area contributed by atoms with Crippen LogP contribution in [0.5, 0.6) is 5.75 Å². The predicted molar refractivity (Wildman–Crippen MR) is 126 cm³/mol. The summed E-state index contributed by atoms with van der Waals surface area (Å²) in [6.45, 7) is 0.362. The molecule has 1 amide bonds. The Labute approximate surface area is 185 Å². The topological polar surface area (TPSA) is 113 Å². The highest BCUT2D eigenvalue weighted by atomic mass is 16.6. The number of benzene rings is 3. The smallest absolute Gasteiger partial charge is 0.410 e. The summed E-state index contributed by atoms with van der Waals surface area (Å²) in [4.78, 5) is 20.3. The second-order valence-corrected chi connectivity index (χ2v) is 7.06. The van der Waals surface area contributed by atoms with Crippen LogP contribution in [0.4, 0.5) is 4.79 Å². The molecule has 7 nitrogen and oxygen atoms in total. The molecule has 4 rings (SSSR count). The van der Waals surface area contributed by atoms with E-state index in [1.165, 1.54) is 0 Å². The van der Waals surface area contributed by atoms with Crippen LogP contribution in [0.2, 0.25) is 0 Å². The van der Waals surface area contributed by atoms with E-state index in [0.717, 1.165) is 33.8 Å². The molecule has 0 atom stereocenters. The Kier molecular flexibility index (Phi) is 6.17. The lowest BCUT2D eigenvalue weighted by Gasteiger charge is -2.09. The maximum Gasteiger partial charge on any atom is 0.412 e. The molecule has 0 bridgehead atoms. The Hall–Kier alpha value is -4.52. The molecule has 7 heteroatoms. The van der Waals surface area contributed by atoms with Crippen molar-refractivity contribution in [1.82, 2.24) is 10.3 Å². The summed E-state index contributed by atoms with van der Waals surface area (Å²) in [6.07, 6.45) is 3.60. The third-order valence-corrected chi connectivity index (χ3v) is 4.87. The molecule has 3 aromatic carbocycles. The summed E-state index contributed by atoms with van der Waals surface area (Å²) in [5.41, 5.74) is 9.02. The number of carbonyl (C=O) groups is 1. The Balaban J connectivity index is 1.43. The molecule has 32 heavy (non-hydrogen) atoms. The summed E-state index contributed by atoms with van der Waals surface area (Å²) in [7, 11) is 0. The number of nitrogens with one attached hydrogen (secondary N) is 2. The molecule has 0 aliphatic carbocycles.